The van der Waals surface area contributed by atoms with Crippen LogP contribution in [0.4, 0.5) is 5.13 Å². The smallest absolute Gasteiger partial charge is 0.301 e. The molecule has 1 fully saturated rings. The van der Waals surface area contributed by atoms with Crippen molar-refractivity contribution in [2.75, 3.05) is 11.5 Å². The number of rotatable bonds is 7. The summed E-state index contributed by atoms with van der Waals surface area (Å²) in [5, 5.41) is 11.3. The zero-order chi connectivity index (χ0) is 24.4. The standard InChI is InChI=1S/C25H23N3O5S/c1-4-12-33-18-7-5-6-17(13-18)20-19(21(30)16-8-10-26-11-9-16)22(31)24(32)28(20)25-27-14(2)23(34-25)15(3)29/h5-11,13,20,30H,4,12H2,1-3H3. The maximum atomic E-state index is 13.3. The minimum Gasteiger partial charge on any atom is -0.507 e. The van der Waals surface area contributed by atoms with E-state index in [2.05, 4.69) is 9.97 Å². The molecule has 0 saturated carbocycles. The van der Waals surface area contributed by atoms with E-state index >= 15 is 0 Å². The molecule has 3 heterocycles. The number of carbonyl (C=O) groups excluding carboxylic acids is 3. The highest BCUT2D eigenvalue weighted by atomic mass is 32.1. The average Bonchev–Trinajstić information content (AvgIpc) is 3.35. The van der Waals surface area contributed by atoms with Crippen LogP contribution in [-0.2, 0) is 9.59 Å². The molecule has 1 atom stereocenters. The summed E-state index contributed by atoms with van der Waals surface area (Å²) in [4.78, 5) is 48.5. The lowest BCUT2D eigenvalue weighted by molar-refractivity contribution is -0.132. The molecule has 1 N–H and O–H groups in total. The Morgan fingerprint density at radius 1 is 1.21 bits per heavy atom. The third-order valence-corrected chi connectivity index (χ3v) is 6.61. The fraction of sp³-hybridized carbons (Fsp3) is 0.240. The van der Waals surface area contributed by atoms with Crippen LogP contribution in [0.15, 0.2) is 54.4 Å². The van der Waals surface area contributed by atoms with Crippen LogP contribution in [0.1, 0.15) is 52.8 Å². The number of anilines is 1. The van der Waals surface area contributed by atoms with E-state index in [1.165, 1.54) is 24.2 Å². The predicted octanol–water partition coefficient (Wildman–Crippen LogP) is 4.46. The van der Waals surface area contributed by atoms with Gasteiger partial charge < -0.3 is 9.84 Å². The molecule has 1 saturated heterocycles. The number of amides is 1. The molecule has 1 aromatic carbocycles. The van der Waals surface area contributed by atoms with Crippen LogP contribution in [0.2, 0.25) is 0 Å². The van der Waals surface area contributed by atoms with Gasteiger partial charge in [-0.3, -0.25) is 24.3 Å². The molecule has 9 heteroatoms. The van der Waals surface area contributed by atoms with E-state index in [-0.39, 0.29) is 22.2 Å². The highest BCUT2D eigenvalue weighted by molar-refractivity contribution is 7.18. The van der Waals surface area contributed by atoms with Crippen molar-refractivity contribution in [3.63, 3.8) is 0 Å². The molecule has 174 valence electrons. The summed E-state index contributed by atoms with van der Waals surface area (Å²) in [6.45, 7) is 5.60. The Bertz CT molecular complexity index is 1300. The van der Waals surface area contributed by atoms with E-state index in [0.29, 0.717) is 34.1 Å². The van der Waals surface area contributed by atoms with Gasteiger partial charge in [-0.2, -0.15) is 0 Å². The number of aliphatic hydroxyl groups excluding tert-OH is 1. The van der Waals surface area contributed by atoms with Crippen molar-refractivity contribution in [2.24, 2.45) is 0 Å². The predicted molar refractivity (Wildman–Crippen MR) is 128 cm³/mol. The number of carbonyl (C=O) groups is 3. The second-order valence-corrected chi connectivity index (χ2v) is 8.77. The third kappa shape index (κ3) is 4.22. The van der Waals surface area contributed by atoms with Crippen LogP contribution in [0.25, 0.3) is 5.76 Å². The molecule has 8 nitrogen and oxygen atoms in total. The molecule has 0 bridgehead atoms. The lowest BCUT2D eigenvalue weighted by atomic mass is 9.95. The second kappa shape index (κ2) is 9.56. The van der Waals surface area contributed by atoms with Gasteiger partial charge in [-0.15, -0.1) is 0 Å². The minimum absolute atomic E-state index is 0.0685. The molecule has 34 heavy (non-hydrogen) atoms. The number of hydrogen-bond donors (Lipinski definition) is 1. The Balaban J connectivity index is 1.92. The van der Waals surface area contributed by atoms with Gasteiger partial charge in [0.15, 0.2) is 10.9 Å². The molecular formula is C25H23N3O5S. The fourth-order valence-corrected chi connectivity index (χ4v) is 4.81. The average molecular weight is 478 g/mol. The van der Waals surface area contributed by atoms with Crippen molar-refractivity contribution in [2.45, 2.75) is 33.2 Å². The molecule has 4 rings (SSSR count). The first kappa shape index (κ1) is 23.3. The molecule has 0 spiro atoms. The van der Waals surface area contributed by atoms with E-state index in [1.54, 1.807) is 43.3 Å². The SMILES string of the molecule is CCCOc1cccc(C2C(=C(O)c3ccncc3)C(=O)C(=O)N2c2nc(C)c(C(C)=O)s2)c1. The maximum Gasteiger partial charge on any atom is 0.301 e. The Labute approximate surface area is 200 Å². The largest absolute Gasteiger partial charge is 0.507 e. The van der Waals surface area contributed by atoms with Crippen LogP contribution in [0, 0.1) is 6.92 Å². The van der Waals surface area contributed by atoms with Crippen LogP contribution in [-0.4, -0.2) is 39.2 Å². The Morgan fingerprint density at radius 2 is 1.94 bits per heavy atom. The fourth-order valence-electron chi connectivity index (χ4n) is 3.82. The molecule has 2 aromatic heterocycles. The number of hydrogen-bond acceptors (Lipinski definition) is 8. The van der Waals surface area contributed by atoms with Crippen molar-refractivity contribution in [3.8, 4) is 5.75 Å². The van der Waals surface area contributed by atoms with Gasteiger partial charge in [-0.05, 0) is 43.2 Å². The number of aliphatic hydroxyl groups is 1. The van der Waals surface area contributed by atoms with E-state index in [4.69, 9.17) is 4.74 Å². The lowest BCUT2D eigenvalue weighted by Gasteiger charge is -2.23. The van der Waals surface area contributed by atoms with Gasteiger partial charge in [-0.25, -0.2) is 4.98 Å². The number of ketones is 2. The van der Waals surface area contributed by atoms with Crippen LogP contribution in [0.5, 0.6) is 5.75 Å². The normalized spacial score (nSPS) is 17.3. The first-order valence-corrected chi connectivity index (χ1v) is 11.6. The summed E-state index contributed by atoms with van der Waals surface area (Å²) in [5.41, 5.74) is 1.33. The number of thiazole rings is 1. The maximum absolute atomic E-state index is 13.3. The molecule has 0 radical (unpaired) electrons. The summed E-state index contributed by atoms with van der Waals surface area (Å²) in [7, 11) is 0. The van der Waals surface area contributed by atoms with Gasteiger partial charge in [0.1, 0.15) is 11.5 Å². The van der Waals surface area contributed by atoms with Gasteiger partial charge in [-0.1, -0.05) is 30.4 Å². The van der Waals surface area contributed by atoms with Crippen molar-refractivity contribution in [3.05, 3.63) is 76.1 Å². The highest BCUT2D eigenvalue weighted by Crippen LogP contribution is 2.44. The van der Waals surface area contributed by atoms with Gasteiger partial charge >= 0.3 is 5.91 Å². The number of aromatic nitrogens is 2. The van der Waals surface area contributed by atoms with Crippen molar-refractivity contribution in [1.82, 2.24) is 9.97 Å². The van der Waals surface area contributed by atoms with Gasteiger partial charge in [0.25, 0.3) is 5.78 Å². The Kier molecular flexibility index (Phi) is 6.56. The summed E-state index contributed by atoms with van der Waals surface area (Å²) < 4.78 is 5.75. The summed E-state index contributed by atoms with van der Waals surface area (Å²) in [6.07, 6.45) is 3.79. The number of pyridine rings is 1. The Morgan fingerprint density at radius 3 is 2.59 bits per heavy atom. The number of ether oxygens (including phenoxy) is 1. The van der Waals surface area contributed by atoms with E-state index in [0.717, 1.165) is 17.8 Å². The minimum atomic E-state index is -0.955. The topological polar surface area (TPSA) is 110 Å². The number of aryl methyl sites for hydroxylation is 1. The second-order valence-electron chi connectivity index (χ2n) is 7.79. The third-order valence-electron chi connectivity index (χ3n) is 5.36. The lowest BCUT2D eigenvalue weighted by Crippen LogP contribution is -2.29. The molecule has 1 aliphatic heterocycles. The molecular weight excluding hydrogens is 454 g/mol. The molecule has 3 aromatic rings. The van der Waals surface area contributed by atoms with Crippen LogP contribution >= 0.6 is 11.3 Å². The molecule has 0 aliphatic carbocycles. The first-order chi connectivity index (χ1) is 16.3. The van der Waals surface area contributed by atoms with E-state index in [1.807, 2.05) is 6.92 Å². The summed E-state index contributed by atoms with van der Waals surface area (Å²) in [5.74, 6) is -1.58. The number of benzene rings is 1. The zero-order valence-corrected chi connectivity index (χ0v) is 19.8. The highest BCUT2D eigenvalue weighted by Gasteiger charge is 2.48. The van der Waals surface area contributed by atoms with Crippen molar-refractivity contribution < 1.29 is 24.2 Å². The number of Topliss-reactive ketones (excluding diaryl/α,β-unsaturated/α-hetero) is 2. The molecule has 1 amide bonds. The monoisotopic (exact) mass is 477 g/mol. The number of nitrogens with zero attached hydrogens (tertiary/aromatic N) is 3. The summed E-state index contributed by atoms with van der Waals surface area (Å²) in [6, 6.07) is 9.21. The van der Waals surface area contributed by atoms with Crippen LogP contribution < -0.4 is 9.64 Å². The zero-order valence-electron chi connectivity index (χ0n) is 18.9. The quantitative estimate of drug-likeness (QED) is 0.231. The van der Waals surface area contributed by atoms with E-state index in [9.17, 15) is 19.5 Å². The van der Waals surface area contributed by atoms with Crippen LogP contribution in [0.3, 0.4) is 0 Å². The van der Waals surface area contributed by atoms with Crippen molar-refractivity contribution in [1.29, 1.82) is 0 Å². The van der Waals surface area contributed by atoms with Gasteiger partial charge in [0, 0.05) is 24.9 Å². The van der Waals surface area contributed by atoms with Gasteiger partial charge in [0.05, 0.1) is 28.8 Å². The molecule has 1 aliphatic rings. The Hall–Kier alpha value is -3.85. The van der Waals surface area contributed by atoms with Gasteiger partial charge in [0.2, 0.25) is 0 Å². The molecule has 1 unspecified atom stereocenters. The first-order valence-electron chi connectivity index (χ1n) is 10.8. The van der Waals surface area contributed by atoms with Crippen molar-refractivity contribution >= 4 is 39.7 Å². The van der Waals surface area contributed by atoms with E-state index < -0.39 is 17.7 Å². The summed E-state index contributed by atoms with van der Waals surface area (Å²) >= 11 is 1.04.